The molecule has 3 saturated carbocycles. The Morgan fingerprint density at radius 1 is 1.17 bits per heavy atom. The number of fused-ring (bicyclic) bond motifs is 5. The van der Waals surface area contributed by atoms with E-state index in [1.165, 1.54) is 16.0 Å². The second-order valence-corrected chi connectivity index (χ2v) is 12.8. The van der Waals surface area contributed by atoms with Crippen LogP contribution in [0.2, 0.25) is 0 Å². The smallest absolute Gasteiger partial charge is 0.409 e. The molecule has 0 unspecified atom stereocenters. The number of rotatable bonds is 6. The second-order valence-electron chi connectivity index (χ2n) is 11.8. The lowest BCUT2D eigenvalue weighted by atomic mass is 9.50. The average Bonchev–Trinajstić information content (AvgIpc) is 3.43. The van der Waals surface area contributed by atoms with Crippen LogP contribution < -0.4 is 0 Å². The first-order valence-corrected chi connectivity index (χ1v) is 14.3. The molecular weight excluding hydrogens is 458 g/mol. The summed E-state index contributed by atoms with van der Waals surface area (Å²) in [5, 5.41) is 24.5. The van der Waals surface area contributed by atoms with Crippen molar-refractivity contribution < 1.29 is 19.7 Å². The van der Waals surface area contributed by atoms with Gasteiger partial charge in [0, 0.05) is 16.8 Å². The van der Waals surface area contributed by atoms with Crippen molar-refractivity contribution in [1.29, 1.82) is 0 Å². The Kier molecular flexibility index (Phi) is 6.69. The molecule has 0 aliphatic heterocycles. The van der Waals surface area contributed by atoms with Gasteiger partial charge >= 0.3 is 6.09 Å². The molecule has 3 fully saturated rings. The molecule has 4 aliphatic carbocycles. The maximum absolute atomic E-state index is 12.9. The molecule has 0 aromatic carbocycles. The lowest BCUT2D eigenvalue weighted by Gasteiger charge is -2.56. The van der Waals surface area contributed by atoms with Gasteiger partial charge in [0.25, 0.3) is 0 Å². The van der Waals surface area contributed by atoms with Crippen molar-refractivity contribution in [2.75, 3.05) is 19.7 Å². The van der Waals surface area contributed by atoms with E-state index in [1.807, 2.05) is 13.0 Å². The zero-order chi connectivity index (χ0) is 24.8. The Hall–Kier alpha value is -1.63. The number of nitrogens with zero attached hydrogens (tertiary/aromatic N) is 1. The molecule has 2 N–H and O–H groups in total. The van der Waals surface area contributed by atoms with Crippen LogP contribution in [0, 0.1) is 22.7 Å². The summed E-state index contributed by atoms with van der Waals surface area (Å²) in [5.41, 5.74) is 1.84. The molecule has 1 aromatic rings. The predicted molar refractivity (Wildman–Crippen MR) is 139 cm³/mol. The fourth-order valence-corrected chi connectivity index (χ4v) is 8.52. The highest BCUT2D eigenvalue weighted by atomic mass is 32.1. The van der Waals surface area contributed by atoms with Crippen LogP contribution in [-0.2, 0) is 11.2 Å². The summed E-state index contributed by atoms with van der Waals surface area (Å²) in [6.07, 6.45) is 11.2. The fourth-order valence-electron chi connectivity index (χ4n) is 7.82. The predicted octanol–water partition coefficient (Wildman–Crippen LogP) is 5.72. The van der Waals surface area contributed by atoms with Gasteiger partial charge in [0.2, 0.25) is 0 Å². The molecule has 1 aromatic heterocycles. The van der Waals surface area contributed by atoms with Crippen LogP contribution >= 0.6 is 11.3 Å². The van der Waals surface area contributed by atoms with Gasteiger partial charge in [-0.2, -0.15) is 0 Å². The van der Waals surface area contributed by atoms with Crippen LogP contribution in [0.25, 0.3) is 0 Å². The van der Waals surface area contributed by atoms with E-state index in [0.717, 1.165) is 44.9 Å². The third kappa shape index (κ3) is 4.19. The van der Waals surface area contributed by atoms with Gasteiger partial charge in [-0.1, -0.05) is 43.2 Å². The quantitative estimate of drug-likeness (QED) is 0.525. The van der Waals surface area contributed by atoms with Crippen LogP contribution in [0.15, 0.2) is 40.8 Å². The number of allylic oxidation sites excluding steroid dienone is 3. The molecule has 5 nitrogen and oxygen atoms in total. The van der Waals surface area contributed by atoms with Crippen molar-refractivity contribution in [3.63, 3.8) is 0 Å². The summed E-state index contributed by atoms with van der Waals surface area (Å²) in [5.74, 6) is 0.824. The van der Waals surface area contributed by atoms with E-state index in [-0.39, 0.29) is 23.0 Å². The molecule has 1 amide bonds. The number of hydrogen-bond acceptors (Lipinski definition) is 5. The van der Waals surface area contributed by atoms with Gasteiger partial charge in [0.05, 0.1) is 24.9 Å². The number of hydrogen-bond donors (Lipinski definition) is 2. The Bertz CT molecular complexity index is 1000. The summed E-state index contributed by atoms with van der Waals surface area (Å²) < 4.78 is 5.40. The highest BCUT2D eigenvalue weighted by molar-refractivity contribution is 7.09. The van der Waals surface area contributed by atoms with Crippen molar-refractivity contribution in [3.8, 4) is 0 Å². The standard InChI is InChI=1S/C29H41NO4S/c1-4-34-26(32)30(16-12-22-6-5-17-35-22)19-29(33)15-11-25-23-8-7-20-18-21(31)9-13-27(20,2)24(23)10-14-28(25,29)3/h5-8,17,21,24-25,31,33H,4,9-16,18-19H2,1-3H3/t21-,24-,25-,27-,28-,29+/m0/s1. The first kappa shape index (κ1) is 25.0. The number of aliphatic hydroxyl groups excluding tert-OH is 1. The van der Waals surface area contributed by atoms with Crippen LogP contribution in [-0.4, -0.2) is 52.6 Å². The summed E-state index contributed by atoms with van der Waals surface area (Å²) >= 11 is 1.70. The Morgan fingerprint density at radius 3 is 2.71 bits per heavy atom. The number of aliphatic hydroxyl groups is 2. The fraction of sp³-hybridized carbons (Fsp3) is 0.690. The zero-order valence-corrected chi connectivity index (χ0v) is 22.3. The van der Waals surface area contributed by atoms with Gasteiger partial charge in [-0.25, -0.2) is 4.79 Å². The van der Waals surface area contributed by atoms with Crippen molar-refractivity contribution >= 4 is 17.4 Å². The molecule has 6 atom stereocenters. The normalized spacial score (nSPS) is 38.0. The average molecular weight is 500 g/mol. The second kappa shape index (κ2) is 9.35. The minimum absolute atomic E-state index is 0.128. The first-order valence-electron chi connectivity index (χ1n) is 13.5. The Labute approximate surface area is 213 Å². The number of carbonyl (C=O) groups is 1. The monoisotopic (exact) mass is 499 g/mol. The minimum Gasteiger partial charge on any atom is -0.450 e. The van der Waals surface area contributed by atoms with Crippen molar-refractivity contribution in [3.05, 3.63) is 45.7 Å². The SMILES string of the molecule is CCOC(=O)N(CCc1cccs1)C[C@]1(O)CC[C@H]2C3=CC=C4C[C@@H](O)CC[C@]4(C)[C@H]3CC[C@@]21C. The van der Waals surface area contributed by atoms with E-state index in [1.54, 1.807) is 16.2 Å². The molecule has 0 spiro atoms. The third-order valence-electron chi connectivity index (χ3n) is 10.1. The molecule has 5 rings (SSSR count). The summed E-state index contributed by atoms with van der Waals surface area (Å²) in [6, 6.07) is 4.13. The molecular formula is C29H41NO4S. The number of ether oxygens (including phenoxy) is 1. The summed E-state index contributed by atoms with van der Waals surface area (Å²) in [7, 11) is 0. The van der Waals surface area contributed by atoms with Crippen molar-refractivity contribution in [1.82, 2.24) is 4.90 Å². The molecule has 0 bridgehead atoms. The van der Waals surface area contributed by atoms with Crippen LogP contribution in [0.5, 0.6) is 0 Å². The third-order valence-corrected chi connectivity index (χ3v) is 11.0. The molecule has 192 valence electrons. The lowest BCUT2D eigenvalue weighted by Crippen LogP contribution is -2.57. The van der Waals surface area contributed by atoms with Crippen LogP contribution in [0.4, 0.5) is 4.79 Å². The highest BCUT2D eigenvalue weighted by Crippen LogP contribution is 2.66. The van der Waals surface area contributed by atoms with Crippen LogP contribution in [0.3, 0.4) is 0 Å². The van der Waals surface area contributed by atoms with Gasteiger partial charge < -0.3 is 19.8 Å². The molecule has 35 heavy (non-hydrogen) atoms. The lowest BCUT2D eigenvalue weighted by molar-refractivity contribution is -0.0992. The minimum atomic E-state index is -0.931. The summed E-state index contributed by atoms with van der Waals surface area (Å²) in [6.45, 7) is 7.71. The maximum Gasteiger partial charge on any atom is 0.409 e. The Balaban J connectivity index is 1.38. The van der Waals surface area contributed by atoms with E-state index in [0.29, 0.717) is 38.0 Å². The molecule has 0 saturated heterocycles. The molecule has 1 heterocycles. The first-order chi connectivity index (χ1) is 16.7. The number of amides is 1. The van der Waals surface area contributed by atoms with Crippen LogP contribution in [0.1, 0.15) is 70.6 Å². The maximum atomic E-state index is 12.9. The van der Waals surface area contributed by atoms with Gasteiger partial charge in [0.15, 0.2) is 0 Å². The van der Waals surface area contributed by atoms with Crippen molar-refractivity contribution in [2.24, 2.45) is 22.7 Å². The van der Waals surface area contributed by atoms with E-state index >= 15 is 0 Å². The Morgan fingerprint density at radius 2 is 1.97 bits per heavy atom. The molecule has 6 heteroatoms. The topological polar surface area (TPSA) is 70.0 Å². The zero-order valence-electron chi connectivity index (χ0n) is 21.5. The highest BCUT2D eigenvalue weighted by Gasteiger charge is 2.62. The van der Waals surface area contributed by atoms with Crippen molar-refractivity contribution in [2.45, 2.75) is 83.8 Å². The van der Waals surface area contributed by atoms with E-state index in [9.17, 15) is 15.0 Å². The molecule has 4 aliphatic rings. The molecule has 0 radical (unpaired) electrons. The van der Waals surface area contributed by atoms with E-state index < -0.39 is 5.60 Å². The summed E-state index contributed by atoms with van der Waals surface area (Å²) in [4.78, 5) is 15.9. The van der Waals surface area contributed by atoms with Gasteiger partial charge in [-0.15, -0.1) is 11.3 Å². The van der Waals surface area contributed by atoms with E-state index in [2.05, 4.69) is 37.4 Å². The number of carbonyl (C=O) groups excluding carboxylic acids is 1. The van der Waals surface area contributed by atoms with Gasteiger partial charge in [0.1, 0.15) is 0 Å². The van der Waals surface area contributed by atoms with Gasteiger partial charge in [-0.05, 0) is 87.0 Å². The van der Waals surface area contributed by atoms with E-state index in [4.69, 9.17) is 4.74 Å². The largest absolute Gasteiger partial charge is 0.450 e. The number of thiophene rings is 1. The van der Waals surface area contributed by atoms with Gasteiger partial charge in [-0.3, -0.25) is 0 Å².